The van der Waals surface area contributed by atoms with Crippen LogP contribution >= 0.6 is 0 Å². The van der Waals surface area contributed by atoms with Crippen molar-refractivity contribution in [1.82, 2.24) is 9.80 Å². The molecule has 0 spiro atoms. The van der Waals surface area contributed by atoms with Crippen molar-refractivity contribution in [3.63, 3.8) is 0 Å². The number of hydrogen-bond donors (Lipinski definition) is 0. The van der Waals surface area contributed by atoms with Crippen LogP contribution in [-0.2, 0) is 4.79 Å². The molecule has 2 heterocycles. The Morgan fingerprint density at radius 3 is 2.60 bits per heavy atom. The second kappa shape index (κ2) is 4.24. The average molecular weight is 206 g/mol. The normalized spacial score (nSPS) is 29.5. The van der Waals surface area contributed by atoms with Gasteiger partial charge in [0.15, 0.2) is 0 Å². The van der Waals surface area contributed by atoms with Gasteiger partial charge in [0.25, 0.3) is 0 Å². The highest BCUT2D eigenvalue weighted by Crippen LogP contribution is 2.24. The molecule has 2 aliphatic rings. The maximum absolute atomic E-state index is 11.7. The molecule has 0 aromatic rings. The van der Waals surface area contributed by atoms with Crippen LogP contribution in [0.5, 0.6) is 0 Å². The van der Waals surface area contributed by atoms with E-state index in [1.807, 2.05) is 4.90 Å². The lowest BCUT2D eigenvalue weighted by Gasteiger charge is -2.35. The molecular weight excluding hydrogens is 188 g/mol. The molecule has 0 aromatic carbocycles. The molecule has 2 fully saturated rings. The van der Waals surface area contributed by atoms with Gasteiger partial charge in [0, 0.05) is 24.9 Å². The summed E-state index contributed by atoms with van der Waals surface area (Å²) in [7, 11) is 2.13. The average Bonchev–Trinajstić information content (AvgIpc) is 2.61. The van der Waals surface area contributed by atoms with Crippen molar-refractivity contribution >= 4 is 5.91 Å². The Morgan fingerprint density at radius 1 is 1.40 bits per heavy atom. The van der Waals surface area contributed by atoms with E-state index in [4.69, 9.17) is 6.42 Å². The SMILES string of the molecule is C#CC1CC(=O)N(C2CCN(C)CC2)C1. The molecule has 3 nitrogen and oxygen atoms in total. The summed E-state index contributed by atoms with van der Waals surface area (Å²) in [4.78, 5) is 16.1. The predicted molar refractivity (Wildman–Crippen MR) is 59.2 cm³/mol. The molecule has 3 heteroatoms. The third kappa shape index (κ3) is 2.15. The van der Waals surface area contributed by atoms with Crippen LogP contribution in [0.3, 0.4) is 0 Å². The van der Waals surface area contributed by atoms with Crippen molar-refractivity contribution in [2.45, 2.75) is 25.3 Å². The second-order valence-corrected chi connectivity index (χ2v) is 4.65. The van der Waals surface area contributed by atoms with E-state index in [-0.39, 0.29) is 11.8 Å². The molecule has 1 unspecified atom stereocenters. The Bertz CT molecular complexity index is 286. The van der Waals surface area contributed by atoms with Crippen molar-refractivity contribution in [3.8, 4) is 12.3 Å². The van der Waals surface area contributed by atoms with E-state index in [0.29, 0.717) is 12.5 Å². The summed E-state index contributed by atoms with van der Waals surface area (Å²) < 4.78 is 0. The Hall–Kier alpha value is -1.01. The van der Waals surface area contributed by atoms with Crippen LogP contribution in [0.2, 0.25) is 0 Å². The van der Waals surface area contributed by atoms with Gasteiger partial charge < -0.3 is 9.80 Å². The lowest BCUT2D eigenvalue weighted by Crippen LogP contribution is -2.44. The molecular formula is C12H18N2O. The Labute approximate surface area is 91.4 Å². The van der Waals surface area contributed by atoms with Gasteiger partial charge in [-0.3, -0.25) is 4.79 Å². The molecule has 2 aliphatic heterocycles. The maximum Gasteiger partial charge on any atom is 0.224 e. The zero-order chi connectivity index (χ0) is 10.8. The number of carbonyl (C=O) groups excluding carboxylic acids is 1. The van der Waals surface area contributed by atoms with Gasteiger partial charge in [0.2, 0.25) is 5.91 Å². The van der Waals surface area contributed by atoms with E-state index in [1.54, 1.807) is 0 Å². The lowest BCUT2D eigenvalue weighted by molar-refractivity contribution is -0.130. The van der Waals surface area contributed by atoms with Crippen LogP contribution in [0.4, 0.5) is 0 Å². The Balaban J connectivity index is 1.94. The highest BCUT2D eigenvalue weighted by molar-refractivity contribution is 5.79. The minimum atomic E-state index is 0.150. The summed E-state index contributed by atoms with van der Waals surface area (Å²) in [5.74, 6) is 3.11. The van der Waals surface area contributed by atoms with Crippen LogP contribution in [0.1, 0.15) is 19.3 Å². The largest absolute Gasteiger partial charge is 0.338 e. The third-order valence-electron chi connectivity index (χ3n) is 3.52. The van der Waals surface area contributed by atoms with Gasteiger partial charge in [0.1, 0.15) is 0 Å². The summed E-state index contributed by atoms with van der Waals surface area (Å²) in [6.07, 6.45) is 8.12. The molecule has 0 N–H and O–H groups in total. The van der Waals surface area contributed by atoms with Gasteiger partial charge >= 0.3 is 0 Å². The topological polar surface area (TPSA) is 23.6 Å². The molecule has 1 amide bonds. The first-order valence-corrected chi connectivity index (χ1v) is 5.65. The molecule has 0 aromatic heterocycles. The summed E-state index contributed by atoms with van der Waals surface area (Å²) in [5.41, 5.74) is 0. The zero-order valence-corrected chi connectivity index (χ0v) is 9.28. The number of nitrogens with zero attached hydrogens (tertiary/aromatic N) is 2. The summed E-state index contributed by atoms with van der Waals surface area (Å²) in [5, 5.41) is 0. The van der Waals surface area contributed by atoms with Crippen molar-refractivity contribution in [2.75, 3.05) is 26.7 Å². The first kappa shape index (κ1) is 10.5. The van der Waals surface area contributed by atoms with E-state index >= 15 is 0 Å². The number of amides is 1. The first-order valence-electron chi connectivity index (χ1n) is 5.65. The van der Waals surface area contributed by atoms with Crippen molar-refractivity contribution in [2.24, 2.45) is 5.92 Å². The lowest BCUT2D eigenvalue weighted by atomic mass is 10.0. The van der Waals surface area contributed by atoms with Gasteiger partial charge in [-0.05, 0) is 33.0 Å². The number of terminal acetylenes is 1. The van der Waals surface area contributed by atoms with Gasteiger partial charge in [-0.15, -0.1) is 12.3 Å². The van der Waals surface area contributed by atoms with Crippen LogP contribution in [-0.4, -0.2) is 48.4 Å². The van der Waals surface area contributed by atoms with E-state index in [0.717, 1.165) is 32.5 Å². The smallest absolute Gasteiger partial charge is 0.224 e. The molecule has 0 radical (unpaired) electrons. The molecule has 0 saturated carbocycles. The van der Waals surface area contributed by atoms with Crippen LogP contribution in [0.15, 0.2) is 0 Å². The van der Waals surface area contributed by atoms with Crippen LogP contribution in [0, 0.1) is 18.3 Å². The van der Waals surface area contributed by atoms with Crippen molar-refractivity contribution in [3.05, 3.63) is 0 Å². The zero-order valence-electron chi connectivity index (χ0n) is 9.28. The van der Waals surface area contributed by atoms with E-state index in [9.17, 15) is 4.79 Å². The fraction of sp³-hybridized carbons (Fsp3) is 0.750. The monoisotopic (exact) mass is 206 g/mol. The molecule has 0 bridgehead atoms. The van der Waals surface area contributed by atoms with E-state index in [1.165, 1.54) is 0 Å². The standard InChI is InChI=1S/C12H18N2O/c1-3-10-8-12(15)14(9-10)11-4-6-13(2)7-5-11/h1,10-11H,4-9H2,2H3. The number of piperidine rings is 1. The summed E-state index contributed by atoms with van der Waals surface area (Å²) >= 11 is 0. The molecule has 15 heavy (non-hydrogen) atoms. The molecule has 82 valence electrons. The van der Waals surface area contributed by atoms with Gasteiger partial charge in [-0.1, -0.05) is 0 Å². The van der Waals surface area contributed by atoms with E-state index < -0.39 is 0 Å². The van der Waals surface area contributed by atoms with E-state index in [2.05, 4.69) is 17.9 Å². The molecule has 2 rings (SSSR count). The quantitative estimate of drug-likeness (QED) is 0.585. The minimum Gasteiger partial charge on any atom is -0.338 e. The fourth-order valence-corrected chi connectivity index (χ4v) is 2.50. The first-order chi connectivity index (χ1) is 7.20. The fourth-order valence-electron chi connectivity index (χ4n) is 2.50. The number of carbonyl (C=O) groups is 1. The predicted octanol–water partition coefficient (Wildman–Crippen LogP) is 0.562. The number of likely N-dealkylation sites (tertiary alicyclic amines) is 2. The number of hydrogen-bond acceptors (Lipinski definition) is 2. The summed E-state index contributed by atoms with van der Waals surface area (Å²) in [6, 6.07) is 0.437. The second-order valence-electron chi connectivity index (χ2n) is 4.65. The van der Waals surface area contributed by atoms with Gasteiger partial charge in [-0.25, -0.2) is 0 Å². The Morgan fingerprint density at radius 2 is 2.07 bits per heavy atom. The minimum absolute atomic E-state index is 0.150. The Kier molecular flexibility index (Phi) is 2.97. The number of rotatable bonds is 1. The van der Waals surface area contributed by atoms with Gasteiger partial charge in [-0.2, -0.15) is 0 Å². The highest BCUT2D eigenvalue weighted by Gasteiger charge is 2.34. The molecule has 1 atom stereocenters. The van der Waals surface area contributed by atoms with Crippen molar-refractivity contribution in [1.29, 1.82) is 0 Å². The third-order valence-corrected chi connectivity index (χ3v) is 3.52. The van der Waals surface area contributed by atoms with Crippen LogP contribution < -0.4 is 0 Å². The molecule has 2 saturated heterocycles. The highest BCUT2D eigenvalue weighted by atomic mass is 16.2. The maximum atomic E-state index is 11.7. The molecule has 0 aliphatic carbocycles. The van der Waals surface area contributed by atoms with Gasteiger partial charge in [0.05, 0.1) is 0 Å². The van der Waals surface area contributed by atoms with Crippen molar-refractivity contribution < 1.29 is 4.79 Å². The summed E-state index contributed by atoms with van der Waals surface area (Å²) in [6.45, 7) is 2.97. The van der Waals surface area contributed by atoms with Crippen LogP contribution in [0.25, 0.3) is 0 Å².